The van der Waals surface area contributed by atoms with E-state index >= 15 is 0 Å². The molecule has 0 fully saturated rings. The van der Waals surface area contributed by atoms with Crippen LogP contribution in [-0.4, -0.2) is 13.1 Å². The monoisotopic (exact) mass is 353 g/mol. The molecule has 3 aromatic rings. The third-order valence-electron chi connectivity index (χ3n) is 4.36. The molecule has 0 aliphatic heterocycles. The van der Waals surface area contributed by atoms with E-state index in [1.807, 2.05) is 60.7 Å². The first-order chi connectivity index (χ1) is 13.2. The van der Waals surface area contributed by atoms with Gasteiger partial charge in [-0.2, -0.15) is 5.26 Å². The summed E-state index contributed by atoms with van der Waals surface area (Å²) in [6.07, 6.45) is 2.70. The van der Waals surface area contributed by atoms with E-state index in [4.69, 9.17) is 10.00 Å². The van der Waals surface area contributed by atoms with Crippen molar-refractivity contribution in [1.29, 1.82) is 5.26 Å². The maximum absolute atomic E-state index is 12.0. The Morgan fingerprint density at radius 3 is 2.22 bits per heavy atom. The lowest BCUT2D eigenvalue weighted by atomic mass is 9.94. The van der Waals surface area contributed by atoms with E-state index in [0.717, 1.165) is 22.3 Å². The van der Waals surface area contributed by atoms with Crippen LogP contribution in [0.15, 0.2) is 84.9 Å². The average molecular weight is 353 g/mol. The fourth-order valence-corrected chi connectivity index (χ4v) is 2.96. The predicted octanol–water partition coefficient (Wildman–Crippen LogP) is 5.02. The summed E-state index contributed by atoms with van der Waals surface area (Å²) in [7, 11) is 1.39. The summed E-state index contributed by atoms with van der Waals surface area (Å²) >= 11 is 0. The summed E-state index contributed by atoms with van der Waals surface area (Å²) in [6, 6.07) is 27.2. The highest BCUT2D eigenvalue weighted by Gasteiger charge is 2.11. The van der Waals surface area contributed by atoms with E-state index in [0.29, 0.717) is 17.5 Å². The third-order valence-corrected chi connectivity index (χ3v) is 4.36. The molecule has 0 atom stereocenters. The molecule has 0 radical (unpaired) electrons. The minimum absolute atomic E-state index is 0.335. The molecule has 0 saturated heterocycles. The summed E-state index contributed by atoms with van der Waals surface area (Å²) in [5.74, 6) is -0.335. The number of rotatable bonds is 5. The number of carbonyl (C=O) groups is 1. The summed E-state index contributed by atoms with van der Waals surface area (Å²) in [4.78, 5) is 12.0. The third kappa shape index (κ3) is 4.31. The maximum Gasteiger partial charge on any atom is 0.338 e. The highest BCUT2D eigenvalue weighted by Crippen LogP contribution is 2.25. The van der Waals surface area contributed by atoms with Crippen molar-refractivity contribution in [2.75, 3.05) is 7.11 Å². The Balaban J connectivity index is 2.01. The molecule has 132 valence electrons. The van der Waals surface area contributed by atoms with E-state index in [1.54, 1.807) is 6.07 Å². The number of hydrogen-bond donors (Lipinski definition) is 0. The molecule has 0 amide bonds. The minimum Gasteiger partial charge on any atom is -0.465 e. The van der Waals surface area contributed by atoms with E-state index in [9.17, 15) is 4.79 Å². The summed E-state index contributed by atoms with van der Waals surface area (Å²) in [6.45, 7) is 0. The smallest absolute Gasteiger partial charge is 0.338 e. The van der Waals surface area contributed by atoms with Crippen molar-refractivity contribution in [1.82, 2.24) is 0 Å². The molecule has 0 saturated carbocycles. The number of benzene rings is 3. The van der Waals surface area contributed by atoms with Gasteiger partial charge in [-0.05, 0) is 46.9 Å². The number of esters is 1. The van der Waals surface area contributed by atoms with Gasteiger partial charge in [0.1, 0.15) is 0 Å². The number of nitriles is 1. The van der Waals surface area contributed by atoms with Crippen molar-refractivity contribution in [3.05, 3.63) is 113 Å². The first-order valence-electron chi connectivity index (χ1n) is 8.65. The number of methoxy groups -OCH3 is 1. The molecular formula is C24H19NO2. The number of carbonyl (C=O) groups excluding carboxylic acids is 1. The van der Waals surface area contributed by atoms with Crippen molar-refractivity contribution in [2.45, 2.75) is 6.42 Å². The Morgan fingerprint density at radius 1 is 0.926 bits per heavy atom. The zero-order chi connectivity index (χ0) is 19.1. The second-order valence-corrected chi connectivity index (χ2v) is 6.03. The molecule has 0 unspecified atom stereocenters. The molecule has 3 aromatic carbocycles. The molecule has 27 heavy (non-hydrogen) atoms. The standard InChI is InChI=1S/C24H19NO2/c1-27-24(26)23-10-6-5-9-20(23)15-16-22(19-7-3-2-4-8-19)21-13-11-18(17-25)12-14-21/h2-14,16H,15H2,1H3/b22-16-. The molecule has 3 rings (SSSR count). The Hall–Kier alpha value is -3.64. The Kier molecular flexibility index (Phi) is 5.81. The van der Waals surface area contributed by atoms with Gasteiger partial charge >= 0.3 is 5.97 Å². The molecule has 0 bridgehead atoms. The number of hydrogen-bond acceptors (Lipinski definition) is 3. The molecule has 3 nitrogen and oxygen atoms in total. The van der Waals surface area contributed by atoms with Crippen molar-refractivity contribution in [2.24, 2.45) is 0 Å². The normalized spacial score (nSPS) is 10.9. The minimum atomic E-state index is -0.335. The topological polar surface area (TPSA) is 50.1 Å². The maximum atomic E-state index is 12.0. The number of nitrogens with zero attached hydrogens (tertiary/aromatic N) is 1. The quantitative estimate of drug-likeness (QED) is 0.605. The van der Waals surface area contributed by atoms with Gasteiger partial charge in [-0.1, -0.05) is 66.7 Å². The highest BCUT2D eigenvalue weighted by atomic mass is 16.5. The van der Waals surface area contributed by atoms with Gasteiger partial charge in [0.05, 0.1) is 24.3 Å². The SMILES string of the molecule is COC(=O)c1ccccc1C/C=C(/c1ccccc1)c1ccc(C#N)cc1. The fourth-order valence-electron chi connectivity index (χ4n) is 2.96. The van der Waals surface area contributed by atoms with Crippen LogP contribution in [0.2, 0.25) is 0 Å². The molecule has 0 aliphatic carbocycles. The first kappa shape index (κ1) is 18.2. The van der Waals surface area contributed by atoms with Crippen molar-refractivity contribution in [3.8, 4) is 6.07 Å². The summed E-state index contributed by atoms with van der Waals surface area (Å²) in [5.41, 5.74) is 5.27. The van der Waals surface area contributed by atoms with E-state index in [2.05, 4.69) is 24.3 Å². The van der Waals surface area contributed by atoms with Crippen LogP contribution in [-0.2, 0) is 11.2 Å². The van der Waals surface area contributed by atoms with Gasteiger partial charge in [-0.25, -0.2) is 4.79 Å². The average Bonchev–Trinajstić information content (AvgIpc) is 2.75. The molecule has 0 aromatic heterocycles. The van der Waals surface area contributed by atoms with E-state index < -0.39 is 0 Å². The molecule has 0 aliphatic rings. The van der Waals surface area contributed by atoms with Crippen LogP contribution in [0.25, 0.3) is 5.57 Å². The van der Waals surface area contributed by atoms with Crippen LogP contribution in [0.3, 0.4) is 0 Å². The second-order valence-electron chi connectivity index (χ2n) is 6.03. The zero-order valence-electron chi connectivity index (χ0n) is 15.1. The largest absolute Gasteiger partial charge is 0.465 e. The van der Waals surface area contributed by atoms with Crippen molar-refractivity contribution >= 4 is 11.5 Å². The Labute approximate surface area is 159 Å². The van der Waals surface area contributed by atoms with Gasteiger partial charge in [0.25, 0.3) is 0 Å². The predicted molar refractivity (Wildman–Crippen MR) is 106 cm³/mol. The van der Waals surface area contributed by atoms with Crippen LogP contribution in [0.5, 0.6) is 0 Å². The Morgan fingerprint density at radius 2 is 1.56 bits per heavy atom. The summed E-state index contributed by atoms with van der Waals surface area (Å²) < 4.78 is 4.89. The number of allylic oxidation sites excluding steroid dienone is 1. The Bertz CT molecular complexity index is 997. The number of ether oxygens (including phenoxy) is 1. The lowest BCUT2D eigenvalue weighted by Gasteiger charge is -2.11. The van der Waals surface area contributed by atoms with Crippen LogP contribution in [0.4, 0.5) is 0 Å². The lowest BCUT2D eigenvalue weighted by Crippen LogP contribution is -2.05. The first-order valence-corrected chi connectivity index (χ1v) is 8.65. The van der Waals surface area contributed by atoms with Gasteiger partial charge in [0, 0.05) is 0 Å². The highest BCUT2D eigenvalue weighted by molar-refractivity contribution is 5.91. The lowest BCUT2D eigenvalue weighted by molar-refractivity contribution is 0.0599. The van der Waals surface area contributed by atoms with Gasteiger partial charge in [0.2, 0.25) is 0 Å². The fraction of sp³-hybridized carbons (Fsp3) is 0.0833. The van der Waals surface area contributed by atoms with Gasteiger partial charge in [-0.3, -0.25) is 0 Å². The van der Waals surface area contributed by atoms with E-state index in [1.165, 1.54) is 7.11 Å². The molecule has 0 spiro atoms. The molecular weight excluding hydrogens is 334 g/mol. The van der Waals surface area contributed by atoms with E-state index in [-0.39, 0.29) is 5.97 Å². The van der Waals surface area contributed by atoms with Gasteiger partial charge in [0.15, 0.2) is 0 Å². The molecule has 0 N–H and O–H groups in total. The van der Waals surface area contributed by atoms with Crippen LogP contribution < -0.4 is 0 Å². The van der Waals surface area contributed by atoms with Gasteiger partial charge < -0.3 is 4.74 Å². The molecule has 3 heteroatoms. The van der Waals surface area contributed by atoms with Crippen molar-refractivity contribution < 1.29 is 9.53 Å². The van der Waals surface area contributed by atoms with Crippen LogP contribution >= 0.6 is 0 Å². The van der Waals surface area contributed by atoms with Gasteiger partial charge in [-0.15, -0.1) is 0 Å². The second kappa shape index (κ2) is 8.64. The van der Waals surface area contributed by atoms with Crippen LogP contribution in [0, 0.1) is 11.3 Å². The van der Waals surface area contributed by atoms with Crippen LogP contribution in [0.1, 0.15) is 32.6 Å². The van der Waals surface area contributed by atoms with Crippen molar-refractivity contribution in [3.63, 3.8) is 0 Å². The zero-order valence-corrected chi connectivity index (χ0v) is 15.1. The summed E-state index contributed by atoms with van der Waals surface area (Å²) in [5, 5.41) is 9.03. The molecule has 0 heterocycles.